The van der Waals surface area contributed by atoms with E-state index < -0.39 is 0 Å². The number of methoxy groups -OCH3 is 1. The van der Waals surface area contributed by atoms with Gasteiger partial charge < -0.3 is 9.47 Å². The van der Waals surface area contributed by atoms with Crippen molar-refractivity contribution in [2.24, 2.45) is 0 Å². The molecule has 0 unspecified atom stereocenters. The van der Waals surface area contributed by atoms with Crippen LogP contribution in [0.15, 0.2) is 29.0 Å². The average Bonchev–Trinajstić information content (AvgIpc) is 2.92. The Bertz CT molecular complexity index is 501. The van der Waals surface area contributed by atoms with E-state index in [1.165, 1.54) is 5.56 Å². The van der Waals surface area contributed by atoms with Crippen molar-refractivity contribution in [2.45, 2.75) is 12.3 Å². The predicted octanol–water partition coefficient (Wildman–Crippen LogP) is 4.77. The van der Waals surface area contributed by atoms with E-state index in [0.29, 0.717) is 29.0 Å². The first kappa shape index (κ1) is 14.5. The number of hydrogen-bond acceptors (Lipinski definition) is 3. The number of alkyl halides is 1. The Balaban J connectivity index is 2.09. The van der Waals surface area contributed by atoms with E-state index in [1.807, 2.05) is 0 Å². The van der Waals surface area contributed by atoms with Gasteiger partial charge in [-0.25, -0.2) is 0 Å². The van der Waals surface area contributed by atoms with E-state index in [9.17, 15) is 0 Å². The summed E-state index contributed by atoms with van der Waals surface area (Å²) in [6.45, 7) is 0.582. The largest absolute Gasteiger partial charge is 0.493 e. The fraction of sp³-hybridized carbons (Fsp3) is 0.286. The van der Waals surface area contributed by atoms with Gasteiger partial charge in [0.05, 0.1) is 19.6 Å². The van der Waals surface area contributed by atoms with Crippen molar-refractivity contribution in [3.05, 3.63) is 45.1 Å². The van der Waals surface area contributed by atoms with Crippen molar-refractivity contribution in [3.8, 4) is 11.5 Å². The molecule has 0 aliphatic carbocycles. The van der Waals surface area contributed by atoms with Gasteiger partial charge in [-0.05, 0) is 28.5 Å². The molecule has 2 rings (SSSR count). The number of thiophene rings is 1. The van der Waals surface area contributed by atoms with Crippen LogP contribution in [0.1, 0.15) is 11.1 Å². The summed E-state index contributed by atoms with van der Waals surface area (Å²) in [7, 11) is 1.59. The molecule has 0 aliphatic rings. The molecule has 19 heavy (non-hydrogen) atoms. The maximum atomic E-state index is 6.00. The van der Waals surface area contributed by atoms with Crippen molar-refractivity contribution in [2.75, 3.05) is 13.7 Å². The lowest BCUT2D eigenvalue weighted by Crippen LogP contribution is -2.04. The first-order valence-corrected chi connectivity index (χ1v) is 7.66. The predicted molar refractivity (Wildman–Crippen MR) is 81.1 cm³/mol. The molecular weight excluding hydrogens is 303 g/mol. The topological polar surface area (TPSA) is 18.5 Å². The highest BCUT2D eigenvalue weighted by molar-refractivity contribution is 7.07. The van der Waals surface area contributed by atoms with Gasteiger partial charge >= 0.3 is 0 Å². The Morgan fingerprint density at radius 1 is 1.32 bits per heavy atom. The van der Waals surface area contributed by atoms with Crippen LogP contribution in [0.4, 0.5) is 0 Å². The summed E-state index contributed by atoms with van der Waals surface area (Å²) in [5, 5.41) is 4.77. The molecule has 2 aromatic rings. The first-order chi connectivity index (χ1) is 9.24. The summed E-state index contributed by atoms with van der Waals surface area (Å²) >= 11 is 13.6. The van der Waals surface area contributed by atoms with Gasteiger partial charge in [-0.1, -0.05) is 11.6 Å². The molecule has 0 saturated carbocycles. The van der Waals surface area contributed by atoms with Crippen molar-refractivity contribution >= 4 is 34.5 Å². The van der Waals surface area contributed by atoms with E-state index in [0.717, 1.165) is 12.0 Å². The van der Waals surface area contributed by atoms with Gasteiger partial charge in [0.25, 0.3) is 0 Å². The van der Waals surface area contributed by atoms with Gasteiger partial charge in [0, 0.05) is 23.1 Å². The van der Waals surface area contributed by atoms with Crippen molar-refractivity contribution in [3.63, 3.8) is 0 Å². The molecule has 1 aromatic heterocycles. The summed E-state index contributed by atoms with van der Waals surface area (Å²) in [4.78, 5) is 0. The standard InChI is InChI=1S/C14H14Cl2O2S/c1-17-13-7-12(16)6-11(8-15)14(13)18-4-2-10-3-5-19-9-10/h3,5-7,9H,2,4,8H2,1H3. The third-order valence-electron chi connectivity index (χ3n) is 2.68. The van der Waals surface area contributed by atoms with E-state index in [4.69, 9.17) is 32.7 Å². The molecule has 0 amide bonds. The van der Waals surface area contributed by atoms with Crippen LogP contribution in [-0.4, -0.2) is 13.7 Å². The molecule has 0 radical (unpaired) electrons. The van der Waals surface area contributed by atoms with Crippen molar-refractivity contribution < 1.29 is 9.47 Å². The Kier molecular flexibility index (Phi) is 5.37. The quantitative estimate of drug-likeness (QED) is 0.715. The maximum Gasteiger partial charge on any atom is 0.165 e. The van der Waals surface area contributed by atoms with Crippen molar-refractivity contribution in [1.82, 2.24) is 0 Å². The van der Waals surface area contributed by atoms with Gasteiger partial charge in [-0.3, -0.25) is 0 Å². The molecule has 2 nitrogen and oxygen atoms in total. The number of rotatable bonds is 6. The summed E-state index contributed by atoms with van der Waals surface area (Å²) in [5.41, 5.74) is 2.11. The minimum Gasteiger partial charge on any atom is -0.493 e. The molecule has 1 aromatic carbocycles. The molecular formula is C14H14Cl2O2S. The van der Waals surface area contributed by atoms with Crippen LogP contribution in [0, 0.1) is 0 Å². The number of ether oxygens (including phenoxy) is 2. The van der Waals surface area contributed by atoms with E-state index >= 15 is 0 Å². The number of benzene rings is 1. The smallest absolute Gasteiger partial charge is 0.165 e. The highest BCUT2D eigenvalue weighted by atomic mass is 35.5. The fourth-order valence-electron chi connectivity index (χ4n) is 1.74. The fourth-order valence-corrected chi connectivity index (χ4v) is 2.88. The Morgan fingerprint density at radius 3 is 2.79 bits per heavy atom. The summed E-state index contributed by atoms with van der Waals surface area (Å²) in [6.07, 6.45) is 0.858. The lowest BCUT2D eigenvalue weighted by atomic mass is 10.2. The second-order valence-electron chi connectivity index (χ2n) is 3.96. The normalized spacial score (nSPS) is 10.5. The van der Waals surface area contributed by atoms with Crippen LogP contribution in [0.5, 0.6) is 11.5 Å². The minimum absolute atomic E-state index is 0.338. The molecule has 0 aliphatic heterocycles. The van der Waals surface area contributed by atoms with Crippen LogP contribution in [0.25, 0.3) is 0 Å². The van der Waals surface area contributed by atoms with E-state index in [1.54, 1.807) is 30.6 Å². The second kappa shape index (κ2) is 7.04. The zero-order chi connectivity index (χ0) is 13.7. The minimum atomic E-state index is 0.338. The first-order valence-electron chi connectivity index (χ1n) is 5.81. The van der Waals surface area contributed by atoms with Crippen LogP contribution >= 0.6 is 34.5 Å². The molecule has 0 N–H and O–H groups in total. The number of halogens is 2. The summed E-state index contributed by atoms with van der Waals surface area (Å²) in [5.74, 6) is 1.63. The molecule has 102 valence electrons. The monoisotopic (exact) mass is 316 g/mol. The SMILES string of the molecule is COc1cc(Cl)cc(CCl)c1OCCc1ccsc1. The maximum absolute atomic E-state index is 6.00. The zero-order valence-electron chi connectivity index (χ0n) is 10.5. The lowest BCUT2D eigenvalue weighted by molar-refractivity contribution is 0.295. The Morgan fingerprint density at radius 2 is 2.16 bits per heavy atom. The highest BCUT2D eigenvalue weighted by Crippen LogP contribution is 2.35. The van der Waals surface area contributed by atoms with E-state index in [-0.39, 0.29) is 0 Å². The molecule has 1 heterocycles. The zero-order valence-corrected chi connectivity index (χ0v) is 12.8. The molecule has 0 atom stereocenters. The molecule has 0 fully saturated rings. The second-order valence-corrected chi connectivity index (χ2v) is 5.44. The lowest BCUT2D eigenvalue weighted by Gasteiger charge is -2.14. The van der Waals surface area contributed by atoms with Crippen LogP contribution < -0.4 is 9.47 Å². The van der Waals surface area contributed by atoms with Gasteiger partial charge in [-0.15, -0.1) is 11.6 Å². The molecule has 0 saturated heterocycles. The third kappa shape index (κ3) is 3.78. The summed E-state index contributed by atoms with van der Waals surface area (Å²) < 4.78 is 11.1. The Hall–Kier alpha value is -0.900. The average molecular weight is 317 g/mol. The molecule has 0 spiro atoms. The summed E-state index contributed by atoms with van der Waals surface area (Å²) in [6, 6.07) is 5.63. The Labute approximate surface area is 126 Å². The third-order valence-corrected chi connectivity index (χ3v) is 3.92. The van der Waals surface area contributed by atoms with Crippen LogP contribution in [0.2, 0.25) is 5.02 Å². The number of hydrogen-bond donors (Lipinski definition) is 0. The van der Waals surface area contributed by atoms with Crippen molar-refractivity contribution in [1.29, 1.82) is 0 Å². The molecule has 5 heteroatoms. The van der Waals surface area contributed by atoms with Crippen LogP contribution in [-0.2, 0) is 12.3 Å². The van der Waals surface area contributed by atoms with Gasteiger partial charge in [0.2, 0.25) is 0 Å². The molecule has 0 bridgehead atoms. The van der Waals surface area contributed by atoms with E-state index in [2.05, 4.69) is 16.8 Å². The van der Waals surface area contributed by atoms with Gasteiger partial charge in [0.1, 0.15) is 0 Å². The van der Waals surface area contributed by atoms with Gasteiger partial charge in [-0.2, -0.15) is 11.3 Å². The van der Waals surface area contributed by atoms with Crippen LogP contribution in [0.3, 0.4) is 0 Å². The highest BCUT2D eigenvalue weighted by Gasteiger charge is 2.12. The van der Waals surface area contributed by atoms with Gasteiger partial charge in [0.15, 0.2) is 11.5 Å².